The van der Waals surface area contributed by atoms with Crippen LogP contribution in [-0.2, 0) is 4.79 Å². The summed E-state index contributed by atoms with van der Waals surface area (Å²) >= 11 is 5.42. The number of alkyl halides is 1. The molecule has 4 nitrogen and oxygen atoms in total. The first-order valence-corrected chi connectivity index (χ1v) is 7.08. The van der Waals surface area contributed by atoms with E-state index in [1.54, 1.807) is 24.3 Å². The van der Waals surface area contributed by atoms with Crippen molar-refractivity contribution < 1.29 is 14.3 Å². The van der Waals surface area contributed by atoms with Gasteiger partial charge in [0.05, 0.1) is 0 Å². The van der Waals surface area contributed by atoms with Crippen LogP contribution in [0.25, 0.3) is 0 Å². The maximum atomic E-state index is 11.1. The van der Waals surface area contributed by atoms with E-state index in [-0.39, 0.29) is 11.8 Å². The molecule has 0 unspecified atom stereocenters. The van der Waals surface area contributed by atoms with E-state index in [4.69, 9.17) is 21.1 Å². The maximum Gasteiger partial charge on any atom is 0.239 e. The lowest BCUT2D eigenvalue weighted by atomic mass is 10.3. The molecule has 0 aliphatic heterocycles. The van der Waals surface area contributed by atoms with E-state index in [2.05, 4.69) is 5.32 Å². The van der Waals surface area contributed by atoms with Gasteiger partial charge in [-0.25, -0.2) is 0 Å². The number of carbonyl (C=O) groups is 1. The number of amides is 1. The summed E-state index contributed by atoms with van der Waals surface area (Å²) in [7, 11) is 0. The van der Waals surface area contributed by atoms with E-state index >= 15 is 0 Å². The number of nitrogens with one attached hydrogen (secondary N) is 1. The normalized spacial score (nSPS) is 9.95. The Morgan fingerprint density at radius 2 is 1.48 bits per heavy atom. The number of rotatable bonds is 7. The van der Waals surface area contributed by atoms with Crippen LogP contribution in [0.2, 0.25) is 0 Å². The minimum Gasteiger partial charge on any atom is -0.490 e. The van der Waals surface area contributed by atoms with Crippen LogP contribution in [0.1, 0.15) is 0 Å². The molecule has 0 radical (unpaired) electrons. The Hall–Kier alpha value is -2.20. The van der Waals surface area contributed by atoms with E-state index in [1.807, 2.05) is 30.3 Å². The average molecular weight is 306 g/mol. The molecule has 5 heteroatoms. The second-order valence-electron chi connectivity index (χ2n) is 4.22. The molecule has 0 aliphatic rings. The van der Waals surface area contributed by atoms with Crippen LogP contribution in [0.3, 0.4) is 0 Å². The molecule has 2 aromatic carbocycles. The molecule has 0 spiro atoms. The lowest BCUT2D eigenvalue weighted by Crippen LogP contribution is -2.12. The summed E-state index contributed by atoms with van der Waals surface area (Å²) in [5, 5.41) is 2.66. The second-order valence-corrected chi connectivity index (χ2v) is 4.48. The van der Waals surface area contributed by atoms with Gasteiger partial charge in [-0.05, 0) is 36.4 Å². The van der Waals surface area contributed by atoms with Gasteiger partial charge in [0.25, 0.3) is 0 Å². The number of para-hydroxylation sites is 1. The minimum atomic E-state index is -0.235. The molecule has 0 heterocycles. The molecule has 0 atom stereocenters. The highest BCUT2D eigenvalue weighted by molar-refractivity contribution is 6.29. The zero-order valence-corrected chi connectivity index (χ0v) is 12.2. The molecule has 1 amide bonds. The number of anilines is 1. The van der Waals surface area contributed by atoms with Gasteiger partial charge >= 0.3 is 0 Å². The standard InChI is InChI=1S/C16H16ClNO3/c17-12-16(19)18-13-6-8-15(9-7-13)21-11-10-20-14-4-2-1-3-5-14/h1-9H,10-12H2,(H,18,19). The van der Waals surface area contributed by atoms with Crippen molar-refractivity contribution in [3.05, 3.63) is 54.6 Å². The average Bonchev–Trinajstić information content (AvgIpc) is 2.54. The maximum absolute atomic E-state index is 11.1. The number of hydrogen-bond acceptors (Lipinski definition) is 3. The first kappa shape index (κ1) is 15.2. The number of benzene rings is 2. The Morgan fingerprint density at radius 3 is 2.05 bits per heavy atom. The molecule has 2 aromatic rings. The van der Waals surface area contributed by atoms with Crippen LogP contribution in [0, 0.1) is 0 Å². The molecule has 21 heavy (non-hydrogen) atoms. The molecule has 2 rings (SSSR count). The molecule has 0 aliphatic carbocycles. The van der Waals surface area contributed by atoms with Crippen molar-refractivity contribution in [3.63, 3.8) is 0 Å². The van der Waals surface area contributed by atoms with Gasteiger partial charge in [0.15, 0.2) is 0 Å². The Balaban J connectivity index is 1.72. The second kappa shape index (κ2) is 8.17. The van der Waals surface area contributed by atoms with Gasteiger partial charge < -0.3 is 14.8 Å². The van der Waals surface area contributed by atoms with Crippen LogP contribution in [0.15, 0.2) is 54.6 Å². The summed E-state index contributed by atoms with van der Waals surface area (Å²) in [6, 6.07) is 16.7. The molecule has 0 bridgehead atoms. The van der Waals surface area contributed by atoms with Crippen molar-refractivity contribution in [1.29, 1.82) is 0 Å². The van der Waals surface area contributed by atoms with Crippen molar-refractivity contribution in [3.8, 4) is 11.5 Å². The Bertz CT molecular complexity index is 557. The van der Waals surface area contributed by atoms with E-state index in [9.17, 15) is 4.79 Å². The van der Waals surface area contributed by atoms with Gasteiger partial charge in [0.1, 0.15) is 30.6 Å². The first-order chi connectivity index (χ1) is 10.3. The molecular formula is C16H16ClNO3. The highest BCUT2D eigenvalue weighted by atomic mass is 35.5. The van der Waals surface area contributed by atoms with Gasteiger partial charge in [-0.3, -0.25) is 4.79 Å². The Morgan fingerprint density at radius 1 is 0.905 bits per heavy atom. The van der Waals surface area contributed by atoms with Crippen molar-refractivity contribution in [2.75, 3.05) is 24.4 Å². The van der Waals surface area contributed by atoms with Crippen LogP contribution < -0.4 is 14.8 Å². The van der Waals surface area contributed by atoms with Crippen molar-refractivity contribution in [2.24, 2.45) is 0 Å². The summed E-state index contributed by atoms with van der Waals surface area (Å²) in [4.78, 5) is 11.1. The molecule has 110 valence electrons. The molecule has 0 fully saturated rings. The summed E-state index contributed by atoms with van der Waals surface area (Å²) < 4.78 is 11.1. The summed E-state index contributed by atoms with van der Waals surface area (Å²) in [6.45, 7) is 0.914. The zero-order valence-electron chi connectivity index (χ0n) is 11.4. The molecule has 1 N–H and O–H groups in total. The predicted octanol–water partition coefficient (Wildman–Crippen LogP) is 3.32. The monoisotopic (exact) mass is 305 g/mol. The fraction of sp³-hybridized carbons (Fsp3) is 0.188. The molecule has 0 aromatic heterocycles. The van der Waals surface area contributed by atoms with E-state index in [0.717, 1.165) is 11.5 Å². The van der Waals surface area contributed by atoms with Crippen molar-refractivity contribution in [1.82, 2.24) is 0 Å². The predicted molar refractivity (Wildman–Crippen MR) is 83.2 cm³/mol. The third-order valence-electron chi connectivity index (χ3n) is 2.62. The quantitative estimate of drug-likeness (QED) is 0.630. The smallest absolute Gasteiger partial charge is 0.239 e. The van der Waals surface area contributed by atoms with Gasteiger partial charge in [0.2, 0.25) is 5.91 Å². The van der Waals surface area contributed by atoms with Crippen LogP contribution >= 0.6 is 11.6 Å². The number of hydrogen-bond donors (Lipinski definition) is 1. The SMILES string of the molecule is O=C(CCl)Nc1ccc(OCCOc2ccccc2)cc1. The number of ether oxygens (including phenoxy) is 2. The summed E-state index contributed by atoms with van der Waals surface area (Å²) in [6.07, 6.45) is 0. The van der Waals surface area contributed by atoms with Gasteiger partial charge in [-0.1, -0.05) is 18.2 Å². The number of halogens is 1. The lowest BCUT2D eigenvalue weighted by molar-refractivity contribution is -0.113. The summed E-state index contributed by atoms with van der Waals surface area (Å²) in [5.41, 5.74) is 0.688. The van der Waals surface area contributed by atoms with Gasteiger partial charge in [-0.15, -0.1) is 11.6 Å². The van der Waals surface area contributed by atoms with E-state index in [0.29, 0.717) is 18.9 Å². The summed E-state index contributed by atoms with van der Waals surface area (Å²) in [5.74, 6) is 1.24. The van der Waals surface area contributed by atoms with Crippen LogP contribution in [0.5, 0.6) is 11.5 Å². The third kappa shape index (κ3) is 5.36. The highest BCUT2D eigenvalue weighted by Gasteiger charge is 2.00. The molecular weight excluding hydrogens is 290 g/mol. The molecule has 0 saturated carbocycles. The topological polar surface area (TPSA) is 47.6 Å². The van der Waals surface area contributed by atoms with E-state index < -0.39 is 0 Å². The van der Waals surface area contributed by atoms with Gasteiger partial charge in [0, 0.05) is 5.69 Å². The molecule has 0 saturated heterocycles. The Kier molecular flexibility index (Phi) is 5.91. The van der Waals surface area contributed by atoms with Crippen LogP contribution in [0.4, 0.5) is 5.69 Å². The first-order valence-electron chi connectivity index (χ1n) is 6.54. The van der Waals surface area contributed by atoms with Crippen LogP contribution in [-0.4, -0.2) is 25.0 Å². The Labute approximate surface area is 128 Å². The lowest BCUT2D eigenvalue weighted by Gasteiger charge is -2.09. The zero-order chi connectivity index (χ0) is 14.9. The highest BCUT2D eigenvalue weighted by Crippen LogP contribution is 2.16. The number of carbonyl (C=O) groups excluding carboxylic acids is 1. The minimum absolute atomic E-state index is 0.0604. The fourth-order valence-corrected chi connectivity index (χ4v) is 1.73. The van der Waals surface area contributed by atoms with Crippen molar-refractivity contribution >= 4 is 23.2 Å². The largest absolute Gasteiger partial charge is 0.490 e. The fourth-order valence-electron chi connectivity index (χ4n) is 1.66. The van der Waals surface area contributed by atoms with E-state index in [1.165, 1.54) is 0 Å². The van der Waals surface area contributed by atoms with Crippen molar-refractivity contribution in [2.45, 2.75) is 0 Å². The third-order valence-corrected chi connectivity index (χ3v) is 2.87. The van der Waals surface area contributed by atoms with Gasteiger partial charge in [-0.2, -0.15) is 0 Å².